The van der Waals surface area contributed by atoms with Crippen molar-refractivity contribution in [2.75, 3.05) is 47.9 Å². The minimum atomic E-state index is 0.124. The molecule has 22 heavy (non-hydrogen) atoms. The summed E-state index contributed by atoms with van der Waals surface area (Å²) in [5.74, 6) is 0. The van der Waals surface area contributed by atoms with Gasteiger partial charge in [-0.25, -0.2) is 0 Å². The van der Waals surface area contributed by atoms with Crippen LogP contribution in [0.5, 0.6) is 0 Å². The highest BCUT2D eigenvalue weighted by Gasteiger charge is 2.24. The van der Waals surface area contributed by atoms with E-state index in [0.717, 1.165) is 13.0 Å². The molecule has 0 aliphatic carbocycles. The number of unbranched alkanes of at least 4 members (excludes halogenated alkanes) is 1. The summed E-state index contributed by atoms with van der Waals surface area (Å²) in [7, 11) is 6.65. The van der Waals surface area contributed by atoms with Gasteiger partial charge in [-0.1, -0.05) is 38.5 Å². The van der Waals surface area contributed by atoms with Crippen molar-refractivity contribution in [3.05, 3.63) is 0 Å². The van der Waals surface area contributed by atoms with Gasteiger partial charge in [0.25, 0.3) is 0 Å². The van der Waals surface area contributed by atoms with E-state index in [1.165, 1.54) is 24.6 Å². The van der Waals surface area contributed by atoms with Gasteiger partial charge in [0.05, 0.1) is 12.7 Å². The first-order valence-corrected chi connectivity index (χ1v) is 8.79. The van der Waals surface area contributed by atoms with Crippen molar-refractivity contribution in [2.24, 2.45) is 0 Å². The predicted molar refractivity (Wildman–Crippen MR) is 94.7 cm³/mol. The van der Waals surface area contributed by atoms with Crippen LogP contribution < -0.4 is 0 Å². The van der Waals surface area contributed by atoms with E-state index in [-0.39, 0.29) is 17.3 Å². The number of ether oxygens (including phenoxy) is 4. The van der Waals surface area contributed by atoms with Gasteiger partial charge in [0, 0.05) is 42.0 Å². The van der Waals surface area contributed by atoms with Crippen LogP contribution in [-0.4, -0.2) is 65.2 Å². The highest BCUT2D eigenvalue weighted by molar-refractivity contribution is 8.12. The van der Waals surface area contributed by atoms with Crippen LogP contribution in [0.4, 0.5) is 0 Å². The zero-order valence-corrected chi connectivity index (χ0v) is 16.5. The molecule has 0 aromatic carbocycles. The van der Waals surface area contributed by atoms with Crippen molar-refractivity contribution < 1.29 is 23.7 Å². The maximum Gasteiger partial charge on any atom is 0.185 e. The lowest BCUT2D eigenvalue weighted by Crippen LogP contribution is -2.39. The highest BCUT2D eigenvalue weighted by atomic mass is 32.2. The SMILES string of the molecule is CCCC.COC.COC1CCOCC1OC.CSC(C)=O. The fraction of sp³-hybridized carbons (Fsp3) is 0.938. The molecule has 1 saturated heterocycles. The van der Waals surface area contributed by atoms with Gasteiger partial charge in [0.15, 0.2) is 5.12 Å². The van der Waals surface area contributed by atoms with Crippen LogP contribution in [0, 0.1) is 0 Å². The van der Waals surface area contributed by atoms with Crippen molar-refractivity contribution in [3.8, 4) is 0 Å². The van der Waals surface area contributed by atoms with Crippen molar-refractivity contribution >= 4 is 16.9 Å². The number of hydrogen-bond donors (Lipinski definition) is 0. The van der Waals surface area contributed by atoms with Crippen LogP contribution in [0.1, 0.15) is 40.0 Å². The van der Waals surface area contributed by atoms with Gasteiger partial charge in [0.2, 0.25) is 0 Å². The first-order chi connectivity index (χ1) is 10.5. The van der Waals surface area contributed by atoms with E-state index in [9.17, 15) is 4.79 Å². The van der Waals surface area contributed by atoms with E-state index in [2.05, 4.69) is 18.6 Å². The van der Waals surface area contributed by atoms with Gasteiger partial charge in [-0.3, -0.25) is 4.79 Å². The molecule has 0 amide bonds. The topological polar surface area (TPSA) is 54.0 Å². The smallest absolute Gasteiger partial charge is 0.185 e. The molecule has 0 spiro atoms. The average Bonchev–Trinajstić information content (AvgIpc) is 2.56. The number of carbonyl (C=O) groups excluding carboxylic acids is 1. The Kier molecular flexibility index (Phi) is 28.1. The molecular formula is C16H36O5S. The first kappa shape index (κ1) is 26.7. The highest BCUT2D eigenvalue weighted by Crippen LogP contribution is 2.12. The summed E-state index contributed by atoms with van der Waals surface area (Å²) < 4.78 is 19.8. The Balaban J connectivity index is -0.000000255. The molecule has 136 valence electrons. The third kappa shape index (κ3) is 22.1. The summed E-state index contributed by atoms with van der Waals surface area (Å²) in [6.07, 6.45) is 5.69. The maximum absolute atomic E-state index is 9.78. The maximum atomic E-state index is 9.78. The van der Waals surface area contributed by atoms with Gasteiger partial charge in [-0.15, -0.1) is 0 Å². The first-order valence-electron chi connectivity index (χ1n) is 7.56. The van der Waals surface area contributed by atoms with Crippen molar-refractivity contribution in [1.82, 2.24) is 0 Å². The standard InChI is InChI=1S/C7H14O3.C4H10.C3H6OS.C2H6O/c1-8-6-3-4-10-5-7(6)9-2;1-3-4-2;1-3(4)5-2;1-3-2/h6-7H,3-5H2,1-2H3;3-4H2,1-2H3;1-2H3;1-2H3. The van der Waals surface area contributed by atoms with Crippen LogP contribution in [0.25, 0.3) is 0 Å². The lowest BCUT2D eigenvalue weighted by Gasteiger charge is -2.28. The van der Waals surface area contributed by atoms with Crippen molar-refractivity contribution in [2.45, 2.75) is 52.2 Å². The van der Waals surface area contributed by atoms with Gasteiger partial charge >= 0.3 is 0 Å². The van der Waals surface area contributed by atoms with Crippen molar-refractivity contribution in [3.63, 3.8) is 0 Å². The Labute approximate surface area is 141 Å². The Bertz CT molecular complexity index is 201. The lowest BCUT2D eigenvalue weighted by atomic mass is 10.1. The second-order valence-corrected chi connectivity index (χ2v) is 5.50. The Morgan fingerprint density at radius 3 is 1.73 bits per heavy atom. The van der Waals surface area contributed by atoms with E-state index in [1.54, 1.807) is 41.6 Å². The Hall–Kier alpha value is -0.140. The average molecular weight is 341 g/mol. The van der Waals surface area contributed by atoms with Crippen LogP contribution in [0.3, 0.4) is 0 Å². The molecule has 0 aromatic heterocycles. The van der Waals surface area contributed by atoms with E-state index >= 15 is 0 Å². The number of carbonyl (C=O) groups is 1. The number of thioether (sulfide) groups is 1. The fourth-order valence-corrected chi connectivity index (χ4v) is 1.18. The van der Waals surface area contributed by atoms with Crippen LogP contribution in [0.15, 0.2) is 0 Å². The van der Waals surface area contributed by atoms with E-state index in [4.69, 9.17) is 14.2 Å². The number of rotatable bonds is 3. The third-order valence-electron chi connectivity index (χ3n) is 2.64. The molecule has 1 rings (SSSR count). The molecule has 0 saturated carbocycles. The quantitative estimate of drug-likeness (QED) is 0.785. The lowest BCUT2D eigenvalue weighted by molar-refractivity contribution is -0.116. The normalized spacial score (nSPS) is 19.5. The van der Waals surface area contributed by atoms with E-state index in [1.807, 2.05) is 0 Å². The molecule has 2 atom stereocenters. The summed E-state index contributed by atoms with van der Waals surface area (Å²) in [6, 6.07) is 0. The predicted octanol–water partition coefficient (Wildman–Crippen LogP) is 3.40. The molecule has 6 heteroatoms. The van der Waals surface area contributed by atoms with Crippen molar-refractivity contribution in [1.29, 1.82) is 0 Å². The zero-order valence-electron chi connectivity index (χ0n) is 15.6. The molecule has 1 aliphatic rings. The summed E-state index contributed by atoms with van der Waals surface area (Å²) in [5, 5.41) is 0.171. The monoisotopic (exact) mass is 340 g/mol. The molecular weight excluding hydrogens is 304 g/mol. The summed E-state index contributed by atoms with van der Waals surface area (Å²) >= 11 is 1.24. The molecule has 0 N–H and O–H groups in total. The molecule has 1 fully saturated rings. The summed E-state index contributed by atoms with van der Waals surface area (Å²) in [6.45, 7) is 7.36. The Morgan fingerprint density at radius 1 is 1.09 bits per heavy atom. The molecule has 1 heterocycles. The second kappa shape index (κ2) is 23.1. The molecule has 2 unspecified atom stereocenters. The van der Waals surface area contributed by atoms with Crippen LogP contribution in [0.2, 0.25) is 0 Å². The summed E-state index contributed by atoms with van der Waals surface area (Å²) in [5.41, 5.74) is 0. The van der Waals surface area contributed by atoms with Crippen LogP contribution >= 0.6 is 11.8 Å². The molecule has 1 aliphatic heterocycles. The van der Waals surface area contributed by atoms with Gasteiger partial charge in [0.1, 0.15) is 6.10 Å². The Morgan fingerprint density at radius 2 is 1.50 bits per heavy atom. The van der Waals surface area contributed by atoms with Crippen LogP contribution in [-0.2, 0) is 23.7 Å². The number of hydrogen-bond acceptors (Lipinski definition) is 6. The third-order valence-corrected chi connectivity index (χ3v) is 3.21. The number of methoxy groups -OCH3 is 3. The molecule has 0 bridgehead atoms. The molecule has 0 aromatic rings. The largest absolute Gasteiger partial charge is 0.388 e. The zero-order chi connectivity index (χ0) is 17.8. The minimum Gasteiger partial charge on any atom is -0.388 e. The molecule has 5 nitrogen and oxygen atoms in total. The minimum absolute atomic E-state index is 0.124. The van der Waals surface area contributed by atoms with E-state index in [0.29, 0.717) is 6.61 Å². The van der Waals surface area contributed by atoms with Gasteiger partial charge in [-0.05, 0) is 12.7 Å². The van der Waals surface area contributed by atoms with Gasteiger partial charge in [-0.2, -0.15) is 0 Å². The van der Waals surface area contributed by atoms with E-state index < -0.39 is 0 Å². The second-order valence-electron chi connectivity index (χ2n) is 4.52. The fourth-order valence-electron chi connectivity index (χ4n) is 1.18. The molecule has 0 radical (unpaired) electrons. The summed E-state index contributed by atoms with van der Waals surface area (Å²) in [4.78, 5) is 9.78. The van der Waals surface area contributed by atoms with Gasteiger partial charge < -0.3 is 18.9 Å².